The minimum absolute atomic E-state index is 0.0179. The standard InChI is InChI=1S/C17H27N3O6/c1-11-15(24)20(8-7-19(11)16(25)26)14(12(22)2-9-21)18-6-5-17(3-4-17)13(23)10-18/h9,11-14,22-23H,2-8,10H2,1H3,(H,25,26)/t11?,12-,13+,14-/m0/s1. The van der Waals surface area contributed by atoms with Gasteiger partial charge in [-0.25, -0.2) is 4.79 Å². The highest BCUT2D eigenvalue weighted by Crippen LogP contribution is 2.54. The predicted molar refractivity (Wildman–Crippen MR) is 90.2 cm³/mol. The number of carboxylic acid groups (broad SMARTS) is 1. The number of aldehydes is 1. The summed E-state index contributed by atoms with van der Waals surface area (Å²) in [7, 11) is 0. The normalized spacial score (nSPS) is 31.0. The van der Waals surface area contributed by atoms with E-state index in [1.54, 1.807) is 0 Å². The lowest BCUT2D eigenvalue weighted by Gasteiger charge is -2.49. The molecule has 1 unspecified atom stereocenters. The quantitative estimate of drug-likeness (QED) is 0.549. The molecule has 26 heavy (non-hydrogen) atoms. The highest BCUT2D eigenvalue weighted by molar-refractivity contribution is 5.86. The fourth-order valence-corrected chi connectivity index (χ4v) is 4.31. The Morgan fingerprint density at radius 1 is 1.31 bits per heavy atom. The maximum absolute atomic E-state index is 12.8. The van der Waals surface area contributed by atoms with Crippen molar-refractivity contribution in [3.05, 3.63) is 0 Å². The molecule has 2 aliphatic heterocycles. The monoisotopic (exact) mass is 369 g/mol. The van der Waals surface area contributed by atoms with Crippen LogP contribution in [0.4, 0.5) is 4.79 Å². The predicted octanol–water partition coefficient (Wildman–Crippen LogP) is -0.680. The van der Waals surface area contributed by atoms with E-state index < -0.39 is 36.4 Å². The molecule has 2 saturated heterocycles. The first-order valence-electron chi connectivity index (χ1n) is 9.14. The second kappa shape index (κ2) is 7.13. The van der Waals surface area contributed by atoms with E-state index in [2.05, 4.69) is 0 Å². The molecular formula is C17H27N3O6. The summed E-state index contributed by atoms with van der Waals surface area (Å²) in [4.78, 5) is 39.4. The SMILES string of the molecule is CC1C(=O)N([C@@H]([C@@H](O)CC=O)N2CCC3(CC3)[C@H](O)C2)CCN1C(=O)O. The molecule has 9 nitrogen and oxygen atoms in total. The summed E-state index contributed by atoms with van der Waals surface area (Å²) in [5, 5.41) is 30.2. The Labute approximate surface area is 152 Å². The highest BCUT2D eigenvalue weighted by Gasteiger charge is 2.53. The van der Waals surface area contributed by atoms with Gasteiger partial charge >= 0.3 is 6.09 Å². The van der Waals surface area contributed by atoms with E-state index in [9.17, 15) is 29.7 Å². The van der Waals surface area contributed by atoms with Crippen LogP contribution < -0.4 is 0 Å². The van der Waals surface area contributed by atoms with E-state index in [4.69, 9.17) is 0 Å². The topological polar surface area (TPSA) is 122 Å². The van der Waals surface area contributed by atoms with Crippen LogP contribution in [0, 0.1) is 5.41 Å². The molecular weight excluding hydrogens is 342 g/mol. The zero-order valence-corrected chi connectivity index (χ0v) is 15.0. The van der Waals surface area contributed by atoms with Crippen molar-refractivity contribution < 1.29 is 29.7 Å². The molecule has 4 atom stereocenters. The number of piperazine rings is 1. The number of aliphatic hydroxyl groups is 2. The number of nitrogens with zero attached hydrogens (tertiary/aromatic N) is 3. The van der Waals surface area contributed by atoms with E-state index in [1.165, 1.54) is 11.8 Å². The van der Waals surface area contributed by atoms with Gasteiger partial charge in [0.1, 0.15) is 18.5 Å². The average Bonchev–Trinajstić information content (AvgIpc) is 3.36. The molecule has 2 heterocycles. The van der Waals surface area contributed by atoms with Crippen LogP contribution in [0.1, 0.15) is 32.6 Å². The fraction of sp³-hybridized carbons (Fsp3) is 0.824. The molecule has 3 aliphatic rings. The number of carbonyl (C=O) groups excluding carboxylic acids is 2. The molecule has 0 aromatic heterocycles. The van der Waals surface area contributed by atoms with Crippen molar-refractivity contribution in [2.75, 3.05) is 26.2 Å². The van der Waals surface area contributed by atoms with Gasteiger partial charge in [0.05, 0.1) is 12.2 Å². The molecule has 0 aromatic carbocycles. The highest BCUT2D eigenvalue weighted by atomic mass is 16.4. The lowest BCUT2D eigenvalue weighted by atomic mass is 9.89. The number of aliphatic hydroxyl groups excluding tert-OH is 2. The number of carbonyl (C=O) groups is 3. The van der Waals surface area contributed by atoms with Gasteiger partial charge in [0.15, 0.2) is 0 Å². The largest absolute Gasteiger partial charge is 0.465 e. The van der Waals surface area contributed by atoms with Crippen molar-refractivity contribution >= 4 is 18.3 Å². The van der Waals surface area contributed by atoms with Crippen LogP contribution in [0.3, 0.4) is 0 Å². The van der Waals surface area contributed by atoms with Crippen LogP contribution in [0.25, 0.3) is 0 Å². The van der Waals surface area contributed by atoms with Gasteiger partial charge in [-0.3, -0.25) is 14.6 Å². The minimum atomic E-state index is -1.15. The van der Waals surface area contributed by atoms with Crippen molar-refractivity contribution in [1.29, 1.82) is 0 Å². The van der Waals surface area contributed by atoms with E-state index >= 15 is 0 Å². The minimum Gasteiger partial charge on any atom is -0.465 e. The molecule has 1 aliphatic carbocycles. The van der Waals surface area contributed by atoms with Crippen LogP contribution in [0.5, 0.6) is 0 Å². The third-order valence-electron chi connectivity index (χ3n) is 6.21. The molecule has 3 rings (SSSR count). The van der Waals surface area contributed by atoms with Crippen molar-refractivity contribution in [3.63, 3.8) is 0 Å². The van der Waals surface area contributed by atoms with Crippen LogP contribution in [-0.4, -0.2) is 98.9 Å². The van der Waals surface area contributed by atoms with Gasteiger partial charge in [-0.15, -0.1) is 0 Å². The van der Waals surface area contributed by atoms with Crippen LogP contribution in [0.2, 0.25) is 0 Å². The molecule has 0 radical (unpaired) electrons. The lowest BCUT2D eigenvalue weighted by molar-refractivity contribution is -0.159. The summed E-state index contributed by atoms with van der Waals surface area (Å²) in [6, 6.07) is -0.850. The van der Waals surface area contributed by atoms with Crippen LogP contribution in [0.15, 0.2) is 0 Å². The fourth-order valence-electron chi connectivity index (χ4n) is 4.31. The van der Waals surface area contributed by atoms with Gasteiger partial charge in [-0.05, 0) is 31.6 Å². The molecule has 3 N–H and O–H groups in total. The molecule has 9 heteroatoms. The number of hydrogen-bond acceptors (Lipinski definition) is 6. The molecule has 1 spiro atoms. The summed E-state index contributed by atoms with van der Waals surface area (Å²) in [6.07, 6.45) is -0.220. The Balaban J connectivity index is 1.79. The van der Waals surface area contributed by atoms with E-state index in [0.29, 0.717) is 19.4 Å². The number of hydrogen-bond donors (Lipinski definition) is 3. The van der Waals surface area contributed by atoms with Crippen LogP contribution >= 0.6 is 0 Å². The second-order valence-corrected chi connectivity index (χ2v) is 7.69. The summed E-state index contributed by atoms with van der Waals surface area (Å²) < 4.78 is 0. The molecule has 2 amide bonds. The summed E-state index contributed by atoms with van der Waals surface area (Å²) >= 11 is 0. The second-order valence-electron chi connectivity index (χ2n) is 7.69. The molecule has 0 bridgehead atoms. The van der Waals surface area contributed by atoms with Gasteiger partial charge in [-0.1, -0.05) is 0 Å². The first-order valence-corrected chi connectivity index (χ1v) is 9.14. The van der Waals surface area contributed by atoms with Gasteiger partial charge in [0.2, 0.25) is 5.91 Å². The molecule has 1 saturated carbocycles. The Bertz CT molecular complexity index is 581. The zero-order chi connectivity index (χ0) is 19.1. The van der Waals surface area contributed by atoms with Crippen molar-refractivity contribution in [1.82, 2.24) is 14.7 Å². The Morgan fingerprint density at radius 3 is 2.54 bits per heavy atom. The van der Waals surface area contributed by atoms with Gasteiger partial charge in [-0.2, -0.15) is 0 Å². The third kappa shape index (κ3) is 3.30. The molecule has 3 fully saturated rings. The van der Waals surface area contributed by atoms with E-state index in [1.807, 2.05) is 4.90 Å². The first kappa shape index (κ1) is 19.1. The Hall–Kier alpha value is -1.71. The third-order valence-corrected chi connectivity index (χ3v) is 6.21. The number of amides is 2. The zero-order valence-electron chi connectivity index (χ0n) is 15.0. The number of β-amino-alcohol motifs (C(OH)–C–C–N with tert-alkyl or cyclic N) is 1. The van der Waals surface area contributed by atoms with Crippen LogP contribution in [-0.2, 0) is 9.59 Å². The van der Waals surface area contributed by atoms with E-state index in [-0.39, 0.29) is 24.9 Å². The number of piperidine rings is 1. The summed E-state index contributed by atoms with van der Waals surface area (Å²) in [5.41, 5.74) is -0.0179. The molecule has 146 valence electrons. The smallest absolute Gasteiger partial charge is 0.408 e. The number of rotatable bonds is 5. The van der Waals surface area contributed by atoms with Crippen molar-refractivity contribution in [3.8, 4) is 0 Å². The number of likely N-dealkylation sites (tertiary alicyclic amines) is 1. The maximum Gasteiger partial charge on any atom is 0.408 e. The molecule has 0 aromatic rings. The van der Waals surface area contributed by atoms with Crippen molar-refractivity contribution in [2.24, 2.45) is 5.41 Å². The van der Waals surface area contributed by atoms with Crippen molar-refractivity contribution in [2.45, 2.75) is 57.0 Å². The average molecular weight is 369 g/mol. The van der Waals surface area contributed by atoms with E-state index in [0.717, 1.165) is 24.2 Å². The van der Waals surface area contributed by atoms with Gasteiger partial charge in [0.25, 0.3) is 0 Å². The lowest BCUT2D eigenvalue weighted by Crippen LogP contribution is -2.67. The summed E-state index contributed by atoms with van der Waals surface area (Å²) in [5.74, 6) is -0.394. The Morgan fingerprint density at radius 2 is 2.00 bits per heavy atom. The Kier molecular flexibility index (Phi) is 5.23. The maximum atomic E-state index is 12.8. The first-order chi connectivity index (χ1) is 12.3. The van der Waals surface area contributed by atoms with Gasteiger partial charge in [0, 0.05) is 32.6 Å². The summed E-state index contributed by atoms with van der Waals surface area (Å²) in [6.45, 7) is 2.77. The van der Waals surface area contributed by atoms with Gasteiger partial charge < -0.3 is 25.0 Å².